The predicted octanol–water partition coefficient (Wildman–Crippen LogP) is 0.683. The van der Waals surface area contributed by atoms with Gasteiger partial charge in [-0.2, -0.15) is 0 Å². The van der Waals surface area contributed by atoms with Crippen molar-refractivity contribution in [1.82, 2.24) is 20.2 Å². The van der Waals surface area contributed by atoms with Crippen LogP contribution in [-0.2, 0) is 11.3 Å². The van der Waals surface area contributed by atoms with E-state index in [1.54, 1.807) is 32.6 Å². The van der Waals surface area contributed by atoms with Crippen molar-refractivity contribution in [2.75, 3.05) is 13.1 Å². The summed E-state index contributed by atoms with van der Waals surface area (Å²) >= 11 is 0. The predicted molar refractivity (Wildman–Crippen MR) is 69.7 cm³/mol. The Morgan fingerprint density at radius 2 is 2.16 bits per heavy atom. The van der Waals surface area contributed by atoms with Crippen LogP contribution in [0.5, 0.6) is 0 Å². The first kappa shape index (κ1) is 15.0. The van der Waals surface area contributed by atoms with Crippen LogP contribution < -0.4 is 10.6 Å². The van der Waals surface area contributed by atoms with Crippen molar-refractivity contribution in [1.29, 1.82) is 0 Å². The maximum atomic E-state index is 11.5. The van der Waals surface area contributed by atoms with Gasteiger partial charge >= 0.3 is 12.0 Å². The Labute approximate surface area is 112 Å². The van der Waals surface area contributed by atoms with Gasteiger partial charge in [0.2, 0.25) is 0 Å². The molecule has 106 valence electrons. The minimum absolute atomic E-state index is 0.107. The molecule has 0 bridgehead atoms. The van der Waals surface area contributed by atoms with Gasteiger partial charge in [0, 0.05) is 32.0 Å². The van der Waals surface area contributed by atoms with E-state index in [1.165, 1.54) is 0 Å². The second-order valence-corrected chi connectivity index (χ2v) is 4.63. The van der Waals surface area contributed by atoms with E-state index >= 15 is 0 Å². The van der Waals surface area contributed by atoms with Crippen LogP contribution in [0, 0.1) is 5.41 Å². The molecule has 1 atom stereocenters. The number of aliphatic carboxylic acids is 1. The SMILES string of the molecule is CCC(C)(CNC(=O)NCCn1ccnc1)C(=O)O. The maximum absolute atomic E-state index is 11.5. The topological polar surface area (TPSA) is 96.3 Å². The molecule has 1 aromatic rings. The molecule has 1 rings (SSSR count). The average Bonchev–Trinajstić information content (AvgIpc) is 2.89. The number of rotatable bonds is 7. The number of amides is 2. The van der Waals surface area contributed by atoms with Crippen LogP contribution >= 0.6 is 0 Å². The molecule has 1 heterocycles. The van der Waals surface area contributed by atoms with Crippen LogP contribution in [0.15, 0.2) is 18.7 Å². The molecule has 1 unspecified atom stereocenters. The summed E-state index contributed by atoms with van der Waals surface area (Å²) in [5, 5.41) is 14.3. The highest BCUT2D eigenvalue weighted by atomic mass is 16.4. The fourth-order valence-corrected chi connectivity index (χ4v) is 1.41. The number of carbonyl (C=O) groups excluding carboxylic acids is 1. The molecule has 0 aliphatic rings. The molecule has 19 heavy (non-hydrogen) atoms. The van der Waals surface area contributed by atoms with Crippen molar-refractivity contribution in [2.45, 2.75) is 26.8 Å². The third kappa shape index (κ3) is 4.61. The Morgan fingerprint density at radius 3 is 2.68 bits per heavy atom. The zero-order valence-electron chi connectivity index (χ0n) is 11.2. The van der Waals surface area contributed by atoms with E-state index < -0.39 is 11.4 Å². The van der Waals surface area contributed by atoms with Crippen molar-refractivity contribution >= 4 is 12.0 Å². The summed E-state index contributed by atoms with van der Waals surface area (Å²) in [4.78, 5) is 26.5. The van der Waals surface area contributed by atoms with Crippen molar-refractivity contribution in [3.8, 4) is 0 Å². The number of imidazole rings is 1. The van der Waals surface area contributed by atoms with Crippen LogP contribution in [0.3, 0.4) is 0 Å². The Kier molecular flexibility index (Phi) is 5.35. The van der Waals surface area contributed by atoms with E-state index in [9.17, 15) is 9.59 Å². The summed E-state index contributed by atoms with van der Waals surface area (Å²) in [7, 11) is 0. The van der Waals surface area contributed by atoms with Gasteiger partial charge in [-0.1, -0.05) is 6.92 Å². The zero-order chi connectivity index (χ0) is 14.3. The van der Waals surface area contributed by atoms with E-state index in [2.05, 4.69) is 15.6 Å². The van der Waals surface area contributed by atoms with E-state index in [0.29, 0.717) is 19.5 Å². The molecular formula is C12H20N4O3. The maximum Gasteiger partial charge on any atom is 0.314 e. The number of carbonyl (C=O) groups is 2. The molecule has 2 amide bonds. The van der Waals surface area contributed by atoms with Gasteiger partial charge in [0.1, 0.15) is 0 Å². The van der Waals surface area contributed by atoms with Gasteiger partial charge in [-0.3, -0.25) is 4.79 Å². The highest BCUT2D eigenvalue weighted by Gasteiger charge is 2.31. The smallest absolute Gasteiger partial charge is 0.314 e. The Hall–Kier alpha value is -2.05. The van der Waals surface area contributed by atoms with Crippen molar-refractivity contribution in [3.63, 3.8) is 0 Å². The quantitative estimate of drug-likeness (QED) is 0.677. The summed E-state index contributed by atoms with van der Waals surface area (Å²) in [6, 6.07) is -0.360. The van der Waals surface area contributed by atoms with Gasteiger partial charge in [-0.25, -0.2) is 9.78 Å². The molecule has 1 aromatic heterocycles. The number of urea groups is 1. The lowest BCUT2D eigenvalue weighted by molar-refractivity contribution is -0.147. The summed E-state index contributed by atoms with van der Waals surface area (Å²) in [6.45, 7) is 4.58. The molecular weight excluding hydrogens is 248 g/mol. The normalized spacial score (nSPS) is 13.6. The van der Waals surface area contributed by atoms with Crippen LogP contribution in [0.4, 0.5) is 4.79 Å². The monoisotopic (exact) mass is 268 g/mol. The van der Waals surface area contributed by atoms with Crippen molar-refractivity contribution in [3.05, 3.63) is 18.7 Å². The zero-order valence-corrected chi connectivity index (χ0v) is 11.2. The highest BCUT2D eigenvalue weighted by Crippen LogP contribution is 2.19. The molecule has 0 saturated carbocycles. The van der Waals surface area contributed by atoms with E-state index in [-0.39, 0.29) is 12.6 Å². The Balaban J connectivity index is 2.26. The molecule has 7 heteroatoms. The first-order valence-electron chi connectivity index (χ1n) is 6.19. The molecule has 0 aromatic carbocycles. The van der Waals surface area contributed by atoms with Crippen LogP contribution in [0.2, 0.25) is 0 Å². The second kappa shape index (κ2) is 6.77. The average molecular weight is 268 g/mol. The van der Waals surface area contributed by atoms with Gasteiger partial charge in [0.05, 0.1) is 11.7 Å². The number of hydrogen-bond acceptors (Lipinski definition) is 3. The second-order valence-electron chi connectivity index (χ2n) is 4.63. The molecule has 3 N–H and O–H groups in total. The van der Waals surface area contributed by atoms with Gasteiger partial charge in [0.15, 0.2) is 0 Å². The first-order valence-corrected chi connectivity index (χ1v) is 6.19. The summed E-state index contributed by atoms with van der Waals surface area (Å²) in [6.07, 6.45) is 5.59. The minimum atomic E-state index is -0.929. The third-order valence-corrected chi connectivity index (χ3v) is 3.15. The highest BCUT2D eigenvalue weighted by molar-refractivity contribution is 5.77. The van der Waals surface area contributed by atoms with Crippen molar-refractivity contribution < 1.29 is 14.7 Å². The Morgan fingerprint density at radius 1 is 1.42 bits per heavy atom. The fraction of sp³-hybridized carbons (Fsp3) is 0.583. The number of nitrogens with zero attached hydrogens (tertiary/aromatic N) is 2. The van der Waals surface area contributed by atoms with Gasteiger partial charge in [-0.15, -0.1) is 0 Å². The molecule has 0 spiro atoms. The van der Waals surface area contributed by atoms with Crippen LogP contribution in [-0.4, -0.2) is 39.7 Å². The van der Waals surface area contributed by atoms with E-state index in [4.69, 9.17) is 5.11 Å². The largest absolute Gasteiger partial charge is 0.481 e. The Bertz CT molecular complexity index is 419. The number of nitrogens with one attached hydrogen (secondary N) is 2. The lowest BCUT2D eigenvalue weighted by atomic mass is 9.88. The first-order chi connectivity index (χ1) is 8.98. The van der Waals surface area contributed by atoms with Crippen LogP contribution in [0.1, 0.15) is 20.3 Å². The van der Waals surface area contributed by atoms with Gasteiger partial charge in [-0.05, 0) is 13.3 Å². The fourth-order valence-electron chi connectivity index (χ4n) is 1.41. The number of carboxylic acids is 1. The van der Waals surface area contributed by atoms with Crippen LogP contribution in [0.25, 0.3) is 0 Å². The standard InChI is InChI=1S/C12H20N4O3/c1-3-12(2,10(17)18)8-15-11(19)14-5-7-16-6-4-13-9-16/h4,6,9H,3,5,7-8H2,1-2H3,(H,17,18)(H2,14,15,19). The number of aromatic nitrogens is 2. The van der Waals surface area contributed by atoms with E-state index in [1.807, 2.05) is 4.57 Å². The molecule has 0 saturated heterocycles. The molecule has 0 aliphatic heterocycles. The lowest BCUT2D eigenvalue weighted by Crippen LogP contribution is -2.45. The molecule has 0 radical (unpaired) electrons. The van der Waals surface area contributed by atoms with E-state index in [0.717, 1.165) is 0 Å². The summed E-state index contributed by atoms with van der Waals surface area (Å²) in [5.41, 5.74) is -0.929. The molecule has 7 nitrogen and oxygen atoms in total. The number of hydrogen-bond donors (Lipinski definition) is 3. The summed E-state index contributed by atoms with van der Waals surface area (Å²) < 4.78 is 1.84. The minimum Gasteiger partial charge on any atom is -0.481 e. The molecule has 0 aliphatic carbocycles. The molecule has 0 fully saturated rings. The van der Waals surface area contributed by atoms with Gasteiger partial charge in [0.25, 0.3) is 0 Å². The summed E-state index contributed by atoms with van der Waals surface area (Å²) in [5.74, 6) is -0.909. The third-order valence-electron chi connectivity index (χ3n) is 3.15. The van der Waals surface area contributed by atoms with Crippen molar-refractivity contribution in [2.24, 2.45) is 5.41 Å². The lowest BCUT2D eigenvalue weighted by Gasteiger charge is -2.23. The van der Waals surface area contributed by atoms with Gasteiger partial charge < -0.3 is 20.3 Å². The number of carboxylic acid groups (broad SMARTS) is 1.